The van der Waals surface area contributed by atoms with Crippen LogP contribution in [-0.4, -0.2) is 28.6 Å². The Morgan fingerprint density at radius 2 is 2.40 bits per heavy atom. The van der Waals surface area contributed by atoms with E-state index >= 15 is 0 Å². The maximum Gasteiger partial charge on any atom is 0.313 e. The largest absolute Gasteiger partial charge is 0.481 e. The normalized spacial score (nSPS) is 17.3. The van der Waals surface area contributed by atoms with Crippen LogP contribution in [0.3, 0.4) is 0 Å². The summed E-state index contributed by atoms with van der Waals surface area (Å²) in [4.78, 5) is 15.1. The molecule has 0 spiro atoms. The molecule has 0 radical (unpaired) electrons. The van der Waals surface area contributed by atoms with Gasteiger partial charge in [-0.3, -0.25) is 9.78 Å². The second kappa shape index (κ2) is 4.40. The average molecular weight is 206 g/mol. The van der Waals surface area contributed by atoms with E-state index in [1.807, 2.05) is 6.07 Å². The summed E-state index contributed by atoms with van der Waals surface area (Å²) in [7, 11) is 0. The Bertz CT molecular complexity index is 336. The highest BCUT2D eigenvalue weighted by molar-refractivity contribution is 5.75. The van der Waals surface area contributed by atoms with Crippen LogP contribution in [-0.2, 0) is 4.79 Å². The first-order chi connectivity index (χ1) is 7.27. The molecule has 1 aliphatic carbocycles. The van der Waals surface area contributed by atoms with Gasteiger partial charge in [0.05, 0.1) is 5.69 Å². The monoisotopic (exact) mass is 206 g/mol. The van der Waals surface area contributed by atoms with E-state index in [0.29, 0.717) is 18.3 Å². The number of hydrogen-bond acceptors (Lipinski definition) is 3. The fourth-order valence-electron chi connectivity index (χ4n) is 1.47. The van der Waals surface area contributed by atoms with Crippen LogP contribution in [0.4, 0.5) is 0 Å². The number of carboxylic acid groups (broad SMARTS) is 1. The quantitative estimate of drug-likeness (QED) is 0.754. The highest BCUT2D eigenvalue weighted by atomic mass is 16.4. The summed E-state index contributed by atoms with van der Waals surface area (Å²) in [6.07, 6.45) is 3.95. The van der Waals surface area contributed by atoms with E-state index in [0.717, 1.165) is 12.8 Å². The maximum atomic E-state index is 11.1. The molecule has 1 aromatic heterocycles. The molecule has 0 bridgehead atoms. The number of carboxylic acids is 1. The third-order valence-corrected chi connectivity index (χ3v) is 2.53. The predicted molar refractivity (Wildman–Crippen MR) is 55.6 cm³/mol. The lowest BCUT2D eigenvalue weighted by Gasteiger charge is -2.12. The van der Waals surface area contributed by atoms with E-state index in [-0.39, 0.29) is 0 Å². The van der Waals surface area contributed by atoms with Crippen molar-refractivity contribution in [2.75, 3.05) is 6.54 Å². The minimum Gasteiger partial charge on any atom is -0.481 e. The molecule has 0 aromatic carbocycles. The highest BCUT2D eigenvalue weighted by Crippen LogP contribution is 2.20. The zero-order chi connectivity index (χ0) is 10.7. The van der Waals surface area contributed by atoms with Crippen LogP contribution in [0.5, 0.6) is 0 Å². The van der Waals surface area contributed by atoms with Gasteiger partial charge in [-0.1, -0.05) is 6.07 Å². The Labute approximate surface area is 88.3 Å². The summed E-state index contributed by atoms with van der Waals surface area (Å²) >= 11 is 0. The van der Waals surface area contributed by atoms with Crippen molar-refractivity contribution in [1.82, 2.24) is 10.3 Å². The SMILES string of the molecule is O=C(O)C(CNC1CC1)c1ccccn1. The van der Waals surface area contributed by atoms with Gasteiger partial charge in [0.1, 0.15) is 5.92 Å². The third-order valence-electron chi connectivity index (χ3n) is 2.53. The summed E-state index contributed by atoms with van der Waals surface area (Å²) in [5.74, 6) is -1.35. The van der Waals surface area contributed by atoms with E-state index in [1.54, 1.807) is 18.3 Å². The molecule has 2 N–H and O–H groups in total. The summed E-state index contributed by atoms with van der Waals surface area (Å²) in [5.41, 5.74) is 0.623. The fourth-order valence-corrected chi connectivity index (χ4v) is 1.47. The van der Waals surface area contributed by atoms with Crippen LogP contribution >= 0.6 is 0 Å². The minimum absolute atomic E-state index is 0.469. The number of rotatable bonds is 5. The van der Waals surface area contributed by atoms with Crippen LogP contribution in [0, 0.1) is 0 Å². The lowest BCUT2D eigenvalue weighted by Crippen LogP contribution is -2.28. The van der Waals surface area contributed by atoms with Crippen molar-refractivity contribution in [1.29, 1.82) is 0 Å². The number of pyridine rings is 1. The summed E-state index contributed by atoms with van der Waals surface area (Å²) in [6, 6.07) is 5.88. The molecule has 4 heteroatoms. The molecule has 1 aliphatic rings. The minimum atomic E-state index is -0.818. The van der Waals surface area contributed by atoms with Gasteiger partial charge in [-0.2, -0.15) is 0 Å². The number of aliphatic carboxylic acids is 1. The molecule has 4 nitrogen and oxygen atoms in total. The zero-order valence-electron chi connectivity index (χ0n) is 8.39. The molecule has 1 heterocycles. The second-order valence-electron chi connectivity index (χ2n) is 3.83. The molecule has 0 amide bonds. The summed E-state index contributed by atoms with van der Waals surface area (Å²) in [5, 5.41) is 12.3. The first-order valence-corrected chi connectivity index (χ1v) is 5.14. The second-order valence-corrected chi connectivity index (χ2v) is 3.83. The molecule has 1 aromatic rings. The van der Waals surface area contributed by atoms with Gasteiger partial charge in [-0.25, -0.2) is 0 Å². The molecular weight excluding hydrogens is 192 g/mol. The molecule has 0 aliphatic heterocycles. The Morgan fingerprint density at radius 3 is 2.93 bits per heavy atom. The molecule has 80 valence electrons. The fraction of sp³-hybridized carbons (Fsp3) is 0.455. The third kappa shape index (κ3) is 2.76. The smallest absolute Gasteiger partial charge is 0.313 e. The van der Waals surface area contributed by atoms with Crippen LogP contribution in [0.25, 0.3) is 0 Å². The Hall–Kier alpha value is -1.42. The molecule has 15 heavy (non-hydrogen) atoms. The number of nitrogens with one attached hydrogen (secondary N) is 1. The molecule has 0 saturated heterocycles. The Morgan fingerprint density at radius 1 is 1.60 bits per heavy atom. The van der Waals surface area contributed by atoms with Crippen LogP contribution in [0.2, 0.25) is 0 Å². The highest BCUT2D eigenvalue weighted by Gasteiger charge is 2.26. The number of nitrogens with zero attached hydrogens (tertiary/aromatic N) is 1. The van der Waals surface area contributed by atoms with Crippen molar-refractivity contribution in [3.05, 3.63) is 30.1 Å². The van der Waals surface area contributed by atoms with Crippen LogP contribution in [0.1, 0.15) is 24.5 Å². The summed E-state index contributed by atoms with van der Waals surface area (Å²) < 4.78 is 0. The van der Waals surface area contributed by atoms with E-state index in [4.69, 9.17) is 5.11 Å². The average Bonchev–Trinajstić information content (AvgIpc) is 3.03. The molecule has 2 rings (SSSR count). The number of carbonyl (C=O) groups is 1. The number of hydrogen-bond donors (Lipinski definition) is 2. The zero-order valence-corrected chi connectivity index (χ0v) is 8.39. The molecule has 1 unspecified atom stereocenters. The van der Waals surface area contributed by atoms with Crippen molar-refractivity contribution in [2.45, 2.75) is 24.8 Å². The van der Waals surface area contributed by atoms with Gasteiger partial charge in [0.15, 0.2) is 0 Å². The van der Waals surface area contributed by atoms with Crippen molar-refractivity contribution in [2.24, 2.45) is 0 Å². The van der Waals surface area contributed by atoms with Gasteiger partial charge in [0, 0.05) is 18.8 Å². The van der Waals surface area contributed by atoms with Crippen molar-refractivity contribution >= 4 is 5.97 Å². The molecule has 1 atom stereocenters. The van der Waals surface area contributed by atoms with Crippen molar-refractivity contribution in [3.63, 3.8) is 0 Å². The first kappa shape index (κ1) is 10.1. The van der Waals surface area contributed by atoms with E-state index in [2.05, 4.69) is 10.3 Å². The summed E-state index contributed by atoms with van der Waals surface area (Å²) in [6.45, 7) is 0.469. The topological polar surface area (TPSA) is 62.2 Å². The van der Waals surface area contributed by atoms with Gasteiger partial charge in [0.25, 0.3) is 0 Å². The molecule has 1 fully saturated rings. The van der Waals surface area contributed by atoms with E-state index < -0.39 is 11.9 Å². The maximum absolute atomic E-state index is 11.1. The van der Waals surface area contributed by atoms with Crippen molar-refractivity contribution < 1.29 is 9.90 Å². The molecular formula is C11H14N2O2. The van der Waals surface area contributed by atoms with Gasteiger partial charge < -0.3 is 10.4 Å². The number of aromatic nitrogens is 1. The van der Waals surface area contributed by atoms with Crippen molar-refractivity contribution in [3.8, 4) is 0 Å². The van der Waals surface area contributed by atoms with Crippen LogP contribution < -0.4 is 5.32 Å². The first-order valence-electron chi connectivity index (χ1n) is 5.14. The standard InChI is InChI=1S/C11H14N2O2/c14-11(15)9(7-13-8-4-5-8)10-3-1-2-6-12-10/h1-3,6,8-9,13H,4-5,7H2,(H,14,15). The van der Waals surface area contributed by atoms with E-state index in [1.165, 1.54) is 0 Å². The van der Waals surface area contributed by atoms with Gasteiger partial charge in [-0.05, 0) is 25.0 Å². The predicted octanol–water partition coefficient (Wildman–Crippen LogP) is 1.00. The van der Waals surface area contributed by atoms with Crippen LogP contribution in [0.15, 0.2) is 24.4 Å². The van der Waals surface area contributed by atoms with Gasteiger partial charge in [0.2, 0.25) is 0 Å². The lowest BCUT2D eigenvalue weighted by molar-refractivity contribution is -0.138. The Balaban J connectivity index is 2.01. The van der Waals surface area contributed by atoms with Gasteiger partial charge in [-0.15, -0.1) is 0 Å². The lowest BCUT2D eigenvalue weighted by atomic mass is 10.1. The van der Waals surface area contributed by atoms with Gasteiger partial charge >= 0.3 is 5.97 Å². The Kier molecular flexibility index (Phi) is 2.97. The van der Waals surface area contributed by atoms with E-state index in [9.17, 15) is 4.79 Å². The molecule has 1 saturated carbocycles.